The second-order valence-electron chi connectivity index (χ2n) is 4.37. The van der Waals surface area contributed by atoms with Crippen LogP contribution in [0.25, 0.3) is 0 Å². The third-order valence-electron chi connectivity index (χ3n) is 3.07. The van der Waals surface area contributed by atoms with Crippen LogP contribution in [0.4, 0.5) is 0 Å². The minimum absolute atomic E-state index is 0.0494. The molecule has 1 nitrogen and oxygen atoms in total. The van der Waals surface area contributed by atoms with Crippen LogP contribution in [-0.4, -0.2) is 5.54 Å². The monoisotopic (exact) mass is 209 g/mol. The number of benzene rings is 1. The van der Waals surface area contributed by atoms with Gasteiger partial charge in [0.05, 0.1) is 0 Å². The minimum Gasteiger partial charge on any atom is -0.325 e. The van der Waals surface area contributed by atoms with E-state index in [1.807, 2.05) is 12.1 Å². The molecule has 1 aromatic rings. The highest BCUT2D eigenvalue weighted by Gasteiger charge is 2.29. The molecule has 0 atom stereocenters. The highest BCUT2D eigenvalue weighted by molar-refractivity contribution is 6.30. The van der Waals surface area contributed by atoms with Crippen LogP contribution in [-0.2, 0) is 6.42 Å². The Morgan fingerprint density at radius 1 is 1.14 bits per heavy atom. The highest BCUT2D eigenvalue weighted by Crippen LogP contribution is 2.30. The van der Waals surface area contributed by atoms with E-state index in [1.54, 1.807) is 0 Å². The van der Waals surface area contributed by atoms with E-state index < -0.39 is 0 Å². The van der Waals surface area contributed by atoms with Gasteiger partial charge in [-0.05, 0) is 37.0 Å². The van der Waals surface area contributed by atoms with E-state index in [0.29, 0.717) is 0 Å². The zero-order chi connectivity index (χ0) is 10.0. The van der Waals surface area contributed by atoms with Crippen LogP contribution >= 0.6 is 11.6 Å². The molecular formula is C12H16ClN. The maximum absolute atomic E-state index is 6.30. The van der Waals surface area contributed by atoms with Gasteiger partial charge in [0.2, 0.25) is 0 Å². The first-order valence-electron chi connectivity index (χ1n) is 5.21. The summed E-state index contributed by atoms with van der Waals surface area (Å²) >= 11 is 5.83. The largest absolute Gasteiger partial charge is 0.325 e. The number of halogens is 1. The molecule has 0 saturated heterocycles. The Hall–Kier alpha value is -0.530. The van der Waals surface area contributed by atoms with E-state index in [9.17, 15) is 0 Å². The SMILES string of the molecule is NC1(Cc2ccc(Cl)cc2)CCCC1. The topological polar surface area (TPSA) is 26.0 Å². The molecule has 1 aliphatic carbocycles. The molecule has 1 fully saturated rings. The fraction of sp³-hybridized carbons (Fsp3) is 0.500. The highest BCUT2D eigenvalue weighted by atomic mass is 35.5. The van der Waals surface area contributed by atoms with Crippen LogP contribution in [0, 0.1) is 0 Å². The molecule has 14 heavy (non-hydrogen) atoms. The molecule has 0 bridgehead atoms. The third kappa shape index (κ3) is 2.28. The summed E-state index contributed by atoms with van der Waals surface area (Å²) in [6, 6.07) is 8.04. The van der Waals surface area contributed by atoms with E-state index in [-0.39, 0.29) is 5.54 Å². The van der Waals surface area contributed by atoms with Gasteiger partial charge >= 0.3 is 0 Å². The van der Waals surface area contributed by atoms with Gasteiger partial charge in [0, 0.05) is 10.6 Å². The van der Waals surface area contributed by atoms with Gasteiger partial charge in [-0.15, -0.1) is 0 Å². The second-order valence-corrected chi connectivity index (χ2v) is 4.81. The lowest BCUT2D eigenvalue weighted by Crippen LogP contribution is -2.38. The van der Waals surface area contributed by atoms with Gasteiger partial charge in [-0.25, -0.2) is 0 Å². The van der Waals surface area contributed by atoms with Crippen molar-refractivity contribution in [2.75, 3.05) is 0 Å². The van der Waals surface area contributed by atoms with Gasteiger partial charge in [0.25, 0.3) is 0 Å². The first kappa shape index (κ1) is 10.0. The van der Waals surface area contributed by atoms with Crippen molar-refractivity contribution in [1.29, 1.82) is 0 Å². The van der Waals surface area contributed by atoms with Gasteiger partial charge in [-0.2, -0.15) is 0 Å². The van der Waals surface area contributed by atoms with Crippen molar-refractivity contribution >= 4 is 11.6 Å². The summed E-state index contributed by atoms with van der Waals surface area (Å²) < 4.78 is 0. The smallest absolute Gasteiger partial charge is 0.0406 e. The van der Waals surface area contributed by atoms with Crippen molar-refractivity contribution in [2.45, 2.75) is 37.6 Å². The van der Waals surface area contributed by atoms with E-state index >= 15 is 0 Å². The predicted molar refractivity (Wildman–Crippen MR) is 60.5 cm³/mol. The van der Waals surface area contributed by atoms with Crippen LogP contribution in [0.15, 0.2) is 24.3 Å². The van der Waals surface area contributed by atoms with Crippen molar-refractivity contribution in [2.24, 2.45) is 5.73 Å². The molecule has 1 aliphatic rings. The summed E-state index contributed by atoms with van der Waals surface area (Å²) in [5.74, 6) is 0. The fourth-order valence-electron chi connectivity index (χ4n) is 2.26. The van der Waals surface area contributed by atoms with Crippen LogP contribution in [0.2, 0.25) is 5.02 Å². The van der Waals surface area contributed by atoms with Gasteiger partial charge in [-0.3, -0.25) is 0 Å². The average molecular weight is 210 g/mol. The lowest BCUT2D eigenvalue weighted by atomic mass is 9.90. The normalized spacial score (nSPS) is 19.9. The lowest BCUT2D eigenvalue weighted by Gasteiger charge is -2.23. The van der Waals surface area contributed by atoms with Gasteiger partial charge in [-0.1, -0.05) is 36.6 Å². The number of nitrogens with two attached hydrogens (primary N) is 1. The van der Waals surface area contributed by atoms with E-state index in [0.717, 1.165) is 24.3 Å². The zero-order valence-corrected chi connectivity index (χ0v) is 9.06. The Bertz CT molecular complexity index is 299. The Labute approximate surface area is 90.3 Å². The van der Waals surface area contributed by atoms with Crippen molar-refractivity contribution in [3.05, 3.63) is 34.9 Å². The summed E-state index contributed by atoms with van der Waals surface area (Å²) in [4.78, 5) is 0. The molecule has 0 aliphatic heterocycles. The molecule has 0 amide bonds. The van der Waals surface area contributed by atoms with Gasteiger partial charge < -0.3 is 5.73 Å². The number of hydrogen-bond donors (Lipinski definition) is 1. The zero-order valence-electron chi connectivity index (χ0n) is 8.30. The molecule has 0 aromatic heterocycles. The minimum atomic E-state index is 0.0494. The fourth-order valence-corrected chi connectivity index (χ4v) is 2.39. The van der Waals surface area contributed by atoms with Crippen molar-refractivity contribution in [3.63, 3.8) is 0 Å². The molecule has 76 valence electrons. The van der Waals surface area contributed by atoms with Crippen LogP contribution in [0.1, 0.15) is 31.2 Å². The Morgan fingerprint density at radius 3 is 2.29 bits per heavy atom. The number of hydrogen-bond acceptors (Lipinski definition) is 1. The summed E-state index contributed by atoms with van der Waals surface area (Å²) in [5.41, 5.74) is 7.65. The van der Waals surface area contributed by atoms with Gasteiger partial charge in [0.1, 0.15) is 0 Å². The van der Waals surface area contributed by atoms with Crippen LogP contribution in [0.3, 0.4) is 0 Å². The molecule has 2 rings (SSSR count). The summed E-state index contributed by atoms with van der Waals surface area (Å²) in [7, 11) is 0. The summed E-state index contributed by atoms with van der Waals surface area (Å²) in [5, 5.41) is 0.797. The molecule has 1 saturated carbocycles. The van der Waals surface area contributed by atoms with Crippen molar-refractivity contribution < 1.29 is 0 Å². The molecule has 0 unspecified atom stereocenters. The van der Waals surface area contributed by atoms with Crippen LogP contribution in [0.5, 0.6) is 0 Å². The molecule has 0 radical (unpaired) electrons. The first-order chi connectivity index (χ1) is 6.68. The number of rotatable bonds is 2. The second kappa shape index (κ2) is 3.92. The van der Waals surface area contributed by atoms with Gasteiger partial charge in [0.15, 0.2) is 0 Å². The first-order valence-corrected chi connectivity index (χ1v) is 5.59. The molecule has 1 aromatic carbocycles. The maximum atomic E-state index is 6.30. The average Bonchev–Trinajstić information content (AvgIpc) is 2.57. The summed E-state index contributed by atoms with van der Waals surface area (Å²) in [6.45, 7) is 0. The Morgan fingerprint density at radius 2 is 1.71 bits per heavy atom. The standard InChI is InChI=1S/C12H16ClN/c13-11-5-3-10(4-6-11)9-12(14)7-1-2-8-12/h3-6H,1-2,7-9,14H2. The van der Waals surface area contributed by atoms with E-state index in [1.165, 1.54) is 18.4 Å². The Balaban J connectivity index is 2.06. The molecular weight excluding hydrogens is 194 g/mol. The van der Waals surface area contributed by atoms with E-state index in [4.69, 9.17) is 17.3 Å². The quantitative estimate of drug-likeness (QED) is 0.796. The van der Waals surface area contributed by atoms with Crippen molar-refractivity contribution in [3.8, 4) is 0 Å². The van der Waals surface area contributed by atoms with Crippen LogP contribution < -0.4 is 5.73 Å². The molecule has 0 spiro atoms. The maximum Gasteiger partial charge on any atom is 0.0406 e. The molecule has 2 N–H and O–H groups in total. The lowest BCUT2D eigenvalue weighted by molar-refractivity contribution is 0.436. The third-order valence-corrected chi connectivity index (χ3v) is 3.32. The van der Waals surface area contributed by atoms with E-state index in [2.05, 4.69) is 12.1 Å². The van der Waals surface area contributed by atoms with Crippen molar-refractivity contribution in [1.82, 2.24) is 0 Å². The summed E-state index contributed by atoms with van der Waals surface area (Å²) in [6.07, 6.45) is 5.88. The molecule has 0 heterocycles. The predicted octanol–water partition coefficient (Wildman–Crippen LogP) is 3.15. The Kier molecular flexibility index (Phi) is 2.80. The molecule has 2 heteroatoms.